The number of aromatic nitrogens is 3. The van der Waals surface area contributed by atoms with Crippen LogP contribution in [0.15, 0.2) is 0 Å². The van der Waals surface area contributed by atoms with E-state index in [1.165, 1.54) is 4.68 Å². The standard InChI is InChI=1S/C10H16N4O3/c1-3-4-5-17-8(15)6-14-7(2)9(10(11)16)12-13-14/h3-6H2,1-2H3,(H2,11,16). The lowest BCUT2D eigenvalue weighted by Gasteiger charge is -2.04. The summed E-state index contributed by atoms with van der Waals surface area (Å²) >= 11 is 0. The van der Waals surface area contributed by atoms with Crippen LogP contribution in [-0.4, -0.2) is 33.5 Å². The second-order valence-corrected chi connectivity index (χ2v) is 3.62. The molecular formula is C10H16N4O3. The lowest BCUT2D eigenvalue weighted by molar-refractivity contribution is -0.144. The highest BCUT2D eigenvalue weighted by atomic mass is 16.5. The van der Waals surface area contributed by atoms with E-state index in [4.69, 9.17) is 10.5 Å². The van der Waals surface area contributed by atoms with Crippen LogP contribution >= 0.6 is 0 Å². The monoisotopic (exact) mass is 240 g/mol. The van der Waals surface area contributed by atoms with Gasteiger partial charge in [-0.15, -0.1) is 5.10 Å². The Morgan fingerprint density at radius 1 is 1.47 bits per heavy atom. The molecule has 0 unspecified atom stereocenters. The van der Waals surface area contributed by atoms with Gasteiger partial charge < -0.3 is 10.5 Å². The number of nitrogens with zero attached hydrogens (tertiary/aromatic N) is 3. The normalized spacial score (nSPS) is 10.2. The Kier molecular flexibility index (Phi) is 4.62. The smallest absolute Gasteiger partial charge is 0.327 e. The maximum Gasteiger partial charge on any atom is 0.327 e. The molecule has 0 spiro atoms. The lowest BCUT2D eigenvalue weighted by atomic mass is 10.3. The molecule has 2 N–H and O–H groups in total. The second kappa shape index (κ2) is 5.97. The molecule has 1 heterocycles. The van der Waals surface area contributed by atoms with E-state index in [1.807, 2.05) is 6.92 Å². The number of carbonyl (C=O) groups is 2. The summed E-state index contributed by atoms with van der Waals surface area (Å²) in [7, 11) is 0. The van der Waals surface area contributed by atoms with Crippen LogP contribution in [0.25, 0.3) is 0 Å². The summed E-state index contributed by atoms with van der Waals surface area (Å²) in [6, 6.07) is 0. The fourth-order valence-corrected chi connectivity index (χ4v) is 1.24. The summed E-state index contributed by atoms with van der Waals surface area (Å²) in [6.07, 6.45) is 1.79. The van der Waals surface area contributed by atoms with Crippen molar-refractivity contribution >= 4 is 11.9 Å². The van der Waals surface area contributed by atoms with Crippen LogP contribution in [0.5, 0.6) is 0 Å². The first-order chi connectivity index (χ1) is 8.06. The van der Waals surface area contributed by atoms with E-state index in [1.54, 1.807) is 6.92 Å². The van der Waals surface area contributed by atoms with Gasteiger partial charge in [0.2, 0.25) is 0 Å². The van der Waals surface area contributed by atoms with Gasteiger partial charge in [0.05, 0.1) is 12.3 Å². The van der Waals surface area contributed by atoms with Crippen LogP contribution in [-0.2, 0) is 16.1 Å². The van der Waals surface area contributed by atoms with E-state index in [2.05, 4.69) is 10.3 Å². The van der Waals surface area contributed by atoms with Crippen molar-refractivity contribution in [2.75, 3.05) is 6.61 Å². The van der Waals surface area contributed by atoms with Crippen molar-refractivity contribution in [1.29, 1.82) is 0 Å². The minimum Gasteiger partial charge on any atom is -0.464 e. The van der Waals surface area contributed by atoms with Gasteiger partial charge in [-0.3, -0.25) is 9.59 Å². The molecule has 0 radical (unpaired) electrons. The van der Waals surface area contributed by atoms with Gasteiger partial charge in [0, 0.05) is 0 Å². The van der Waals surface area contributed by atoms with Crippen LogP contribution in [0.1, 0.15) is 35.9 Å². The number of esters is 1. The maximum atomic E-state index is 11.4. The molecule has 17 heavy (non-hydrogen) atoms. The minimum atomic E-state index is -0.659. The number of nitrogens with two attached hydrogens (primary N) is 1. The van der Waals surface area contributed by atoms with Gasteiger partial charge >= 0.3 is 5.97 Å². The number of carbonyl (C=O) groups excluding carboxylic acids is 2. The topological polar surface area (TPSA) is 100 Å². The first-order valence-corrected chi connectivity index (χ1v) is 5.41. The lowest BCUT2D eigenvalue weighted by Crippen LogP contribution is -2.17. The van der Waals surface area contributed by atoms with Crippen molar-refractivity contribution in [2.24, 2.45) is 5.73 Å². The van der Waals surface area contributed by atoms with Gasteiger partial charge in [-0.2, -0.15) is 0 Å². The molecule has 0 bridgehead atoms. The fraction of sp³-hybridized carbons (Fsp3) is 0.600. The van der Waals surface area contributed by atoms with Gasteiger partial charge in [0.15, 0.2) is 5.69 Å². The Morgan fingerprint density at radius 2 is 2.18 bits per heavy atom. The van der Waals surface area contributed by atoms with Gasteiger partial charge in [0.1, 0.15) is 6.54 Å². The van der Waals surface area contributed by atoms with Gasteiger partial charge in [-0.1, -0.05) is 18.6 Å². The molecule has 1 amide bonds. The van der Waals surface area contributed by atoms with E-state index < -0.39 is 11.9 Å². The number of ether oxygens (including phenoxy) is 1. The van der Waals surface area contributed by atoms with Crippen molar-refractivity contribution in [3.8, 4) is 0 Å². The molecule has 0 atom stereocenters. The number of hydrogen-bond acceptors (Lipinski definition) is 5. The second-order valence-electron chi connectivity index (χ2n) is 3.62. The molecule has 1 rings (SSSR count). The first kappa shape index (κ1) is 13.1. The van der Waals surface area contributed by atoms with Crippen molar-refractivity contribution < 1.29 is 14.3 Å². The number of hydrogen-bond donors (Lipinski definition) is 1. The van der Waals surface area contributed by atoms with E-state index in [-0.39, 0.29) is 12.2 Å². The average Bonchev–Trinajstić information content (AvgIpc) is 2.61. The molecule has 0 saturated carbocycles. The Morgan fingerprint density at radius 3 is 2.71 bits per heavy atom. The summed E-state index contributed by atoms with van der Waals surface area (Å²) in [5.74, 6) is -1.06. The molecule has 0 aromatic carbocycles. The molecule has 0 aliphatic heterocycles. The summed E-state index contributed by atoms with van der Waals surface area (Å²) in [6.45, 7) is 3.97. The predicted octanol–water partition coefficient (Wildman–Crippen LogP) is 0.0287. The average molecular weight is 240 g/mol. The molecule has 94 valence electrons. The van der Waals surface area contributed by atoms with Crippen molar-refractivity contribution in [3.63, 3.8) is 0 Å². The van der Waals surface area contributed by atoms with Crippen LogP contribution in [0.2, 0.25) is 0 Å². The largest absolute Gasteiger partial charge is 0.464 e. The number of amides is 1. The predicted molar refractivity (Wildman–Crippen MR) is 59.1 cm³/mol. The highest BCUT2D eigenvalue weighted by Crippen LogP contribution is 2.02. The molecule has 0 saturated heterocycles. The number of rotatable bonds is 6. The molecular weight excluding hydrogens is 224 g/mol. The quantitative estimate of drug-likeness (QED) is 0.558. The van der Waals surface area contributed by atoms with Gasteiger partial charge in [-0.25, -0.2) is 4.68 Å². The summed E-state index contributed by atoms with van der Waals surface area (Å²) in [5, 5.41) is 7.27. The fourth-order valence-electron chi connectivity index (χ4n) is 1.24. The van der Waals surface area contributed by atoms with Gasteiger partial charge in [0.25, 0.3) is 5.91 Å². The summed E-state index contributed by atoms with van der Waals surface area (Å²) in [5.41, 5.74) is 5.62. The zero-order valence-electron chi connectivity index (χ0n) is 9.97. The molecule has 0 aliphatic carbocycles. The number of unbranched alkanes of at least 4 members (excludes halogenated alkanes) is 1. The highest BCUT2D eigenvalue weighted by molar-refractivity contribution is 5.91. The number of primary amides is 1. The Balaban J connectivity index is 2.57. The third-order valence-corrected chi connectivity index (χ3v) is 2.26. The van der Waals surface area contributed by atoms with E-state index >= 15 is 0 Å². The molecule has 1 aromatic rings. The Bertz CT molecular complexity index is 414. The summed E-state index contributed by atoms with van der Waals surface area (Å²) < 4.78 is 6.27. The zero-order chi connectivity index (χ0) is 12.8. The SMILES string of the molecule is CCCCOC(=O)Cn1nnc(C(N)=O)c1C. The third-order valence-electron chi connectivity index (χ3n) is 2.26. The van der Waals surface area contributed by atoms with Gasteiger partial charge in [-0.05, 0) is 13.3 Å². The molecule has 1 aromatic heterocycles. The van der Waals surface area contributed by atoms with Crippen LogP contribution in [0.4, 0.5) is 0 Å². The minimum absolute atomic E-state index is 0.0597. The highest BCUT2D eigenvalue weighted by Gasteiger charge is 2.15. The van der Waals surface area contributed by atoms with Crippen molar-refractivity contribution in [1.82, 2.24) is 15.0 Å². The van der Waals surface area contributed by atoms with Crippen LogP contribution in [0, 0.1) is 6.92 Å². The molecule has 0 aliphatic rings. The Hall–Kier alpha value is -1.92. The molecule has 7 nitrogen and oxygen atoms in total. The van der Waals surface area contributed by atoms with E-state index in [9.17, 15) is 9.59 Å². The third kappa shape index (κ3) is 3.54. The zero-order valence-corrected chi connectivity index (χ0v) is 9.97. The summed E-state index contributed by atoms with van der Waals surface area (Å²) in [4.78, 5) is 22.3. The van der Waals surface area contributed by atoms with Crippen LogP contribution < -0.4 is 5.73 Å². The molecule has 0 fully saturated rings. The van der Waals surface area contributed by atoms with Crippen molar-refractivity contribution in [2.45, 2.75) is 33.2 Å². The van der Waals surface area contributed by atoms with E-state index in [0.717, 1.165) is 12.8 Å². The van der Waals surface area contributed by atoms with Crippen LogP contribution in [0.3, 0.4) is 0 Å². The maximum absolute atomic E-state index is 11.4. The first-order valence-electron chi connectivity index (χ1n) is 5.41. The van der Waals surface area contributed by atoms with E-state index in [0.29, 0.717) is 12.3 Å². The van der Waals surface area contributed by atoms with Crippen molar-refractivity contribution in [3.05, 3.63) is 11.4 Å². The molecule has 7 heteroatoms. The Labute approximate surface area is 98.9 Å².